The van der Waals surface area contributed by atoms with Crippen molar-refractivity contribution in [1.29, 1.82) is 0 Å². The van der Waals surface area contributed by atoms with Crippen molar-refractivity contribution in [3.05, 3.63) is 77.8 Å². The molecule has 1 aromatic carbocycles. The van der Waals surface area contributed by atoms with Crippen LogP contribution in [0.4, 0.5) is 5.69 Å². The lowest BCUT2D eigenvalue weighted by Gasteiger charge is -2.07. The van der Waals surface area contributed by atoms with Crippen LogP contribution in [-0.2, 0) is 11.3 Å². The topological polar surface area (TPSA) is 111 Å². The van der Waals surface area contributed by atoms with Crippen molar-refractivity contribution in [3.63, 3.8) is 0 Å². The van der Waals surface area contributed by atoms with Crippen LogP contribution in [-0.4, -0.2) is 35.6 Å². The molecule has 0 saturated heterocycles. The Bertz CT molecular complexity index is 1450. The number of hydrogen-bond acceptors (Lipinski definition) is 7. The van der Waals surface area contributed by atoms with Crippen LogP contribution >= 0.6 is 11.3 Å². The second kappa shape index (κ2) is 8.67. The number of benzene rings is 1. The van der Waals surface area contributed by atoms with Crippen LogP contribution in [0.5, 0.6) is 11.6 Å². The van der Waals surface area contributed by atoms with Crippen molar-refractivity contribution in [3.8, 4) is 22.8 Å². The second-order valence-corrected chi connectivity index (χ2v) is 8.20. The molecular weight excluding hydrogens is 438 g/mol. The first-order chi connectivity index (χ1) is 16.1. The van der Waals surface area contributed by atoms with Gasteiger partial charge in [-0.25, -0.2) is 9.97 Å². The summed E-state index contributed by atoms with van der Waals surface area (Å²) in [5, 5.41) is 7.35. The van der Waals surface area contributed by atoms with E-state index in [1.54, 1.807) is 41.8 Å². The Morgan fingerprint density at radius 1 is 1.33 bits per heavy atom. The maximum Gasteiger partial charge on any atom is 0.247 e. The molecule has 0 spiro atoms. The Morgan fingerprint density at radius 3 is 3.06 bits per heavy atom. The zero-order chi connectivity index (χ0) is 22.8. The highest BCUT2D eigenvalue weighted by atomic mass is 32.1. The van der Waals surface area contributed by atoms with Gasteiger partial charge in [0.2, 0.25) is 11.8 Å². The van der Waals surface area contributed by atoms with Crippen LogP contribution in [0.3, 0.4) is 0 Å². The lowest BCUT2D eigenvalue weighted by atomic mass is 10.1. The Balaban J connectivity index is 1.43. The number of aromatic amines is 1. The summed E-state index contributed by atoms with van der Waals surface area (Å²) in [6.45, 7) is 6.08. The highest BCUT2D eigenvalue weighted by Gasteiger charge is 2.16. The van der Waals surface area contributed by atoms with Crippen LogP contribution in [0.1, 0.15) is 10.6 Å². The summed E-state index contributed by atoms with van der Waals surface area (Å²) in [5.74, 6) is 0.568. The van der Waals surface area contributed by atoms with Gasteiger partial charge in [-0.3, -0.25) is 14.5 Å². The fourth-order valence-electron chi connectivity index (χ4n) is 3.42. The summed E-state index contributed by atoms with van der Waals surface area (Å²) in [6, 6.07) is 7.03. The lowest BCUT2D eigenvalue weighted by molar-refractivity contribution is -0.111. The summed E-state index contributed by atoms with van der Waals surface area (Å²) in [7, 11) is 0. The highest BCUT2D eigenvalue weighted by molar-refractivity contribution is 7.09. The smallest absolute Gasteiger partial charge is 0.247 e. The maximum absolute atomic E-state index is 11.6. The minimum atomic E-state index is -0.295. The number of amides is 1. The van der Waals surface area contributed by atoms with Gasteiger partial charge >= 0.3 is 0 Å². The molecule has 0 aliphatic heterocycles. The van der Waals surface area contributed by atoms with Gasteiger partial charge in [-0.05, 0) is 25.1 Å². The molecule has 0 radical (unpaired) electrons. The molecule has 2 N–H and O–H groups in total. The number of nitrogens with zero attached hydrogens (tertiary/aromatic N) is 5. The van der Waals surface area contributed by atoms with Crippen LogP contribution in [0, 0.1) is 6.92 Å². The van der Waals surface area contributed by atoms with Crippen LogP contribution in [0.25, 0.3) is 22.3 Å². The van der Waals surface area contributed by atoms with Crippen molar-refractivity contribution in [1.82, 2.24) is 29.7 Å². The number of H-pyrrole nitrogens is 1. The largest absolute Gasteiger partial charge is 0.437 e. The molecule has 0 aliphatic carbocycles. The van der Waals surface area contributed by atoms with Crippen LogP contribution in [0.2, 0.25) is 0 Å². The first-order valence-electron chi connectivity index (χ1n) is 10.1. The number of aryl methyl sites for hydroxylation is 1. The number of thiazole rings is 1. The molecular formula is C23H19N7O2S. The summed E-state index contributed by atoms with van der Waals surface area (Å²) in [4.78, 5) is 29.1. The van der Waals surface area contributed by atoms with E-state index < -0.39 is 0 Å². The van der Waals surface area contributed by atoms with E-state index in [2.05, 4.69) is 36.9 Å². The van der Waals surface area contributed by atoms with Gasteiger partial charge < -0.3 is 15.0 Å². The third-order valence-electron chi connectivity index (χ3n) is 4.91. The average molecular weight is 458 g/mol. The van der Waals surface area contributed by atoms with E-state index in [-0.39, 0.29) is 5.91 Å². The SMILES string of the molecule is C=CC(=O)Nc1cccc(Oc2cnc3[nH]cc(-c4cn(Cc5cncs5)nc4C)c3n2)c1. The number of carbonyl (C=O) groups excluding carboxylic acids is 1. The first-order valence-corrected chi connectivity index (χ1v) is 10.9. The molecule has 4 heterocycles. The third-order valence-corrected chi connectivity index (χ3v) is 5.67. The number of anilines is 1. The lowest BCUT2D eigenvalue weighted by Crippen LogP contribution is -2.07. The number of ether oxygens (including phenoxy) is 1. The summed E-state index contributed by atoms with van der Waals surface area (Å²) < 4.78 is 7.81. The number of aromatic nitrogens is 6. The van der Waals surface area contributed by atoms with Crippen molar-refractivity contribution in [2.75, 3.05) is 5.32 Å². The standard InChI is InChI=1S/C23H19N7O2S/c1-3-20(31)27-15-5-4-6-16(7-15)32-21-10-26-23-22(28-21)18(9-25-23)19-12-30(29-14(19)2)11-17-8-24-13-33-17/h3-10,12-13H,1,11H2,2H3,(H,25,26)(H,27,31). The van der Waals surface area contributed by atoms with E-state index in [0.29, 0.717) is 35.0 Å². The predicted octanol–water partition coefficient (Wildman–Crippen LogP) is 4.55. The van der Waals surface area contributed by atoms with Gasteiger partial charge in [0.15, 0.2) is 5.65 Å². The number of carbonyl (C=O) groups is 1. The number of nitrogens with one attached hydrogen (secondary N) is 2. The predicted molar refractivity (Wildman–Crippen MR) is 126 cm³/mol. The van der Waals surface area contributed by atoms with E-state index in [0.717, 1.165) is 21.7 Å². The van der Waals surface area contributed by atoms with E-state index in [1.807, 2.05) is 35.7 Å². The second-order valence-electron chi connectivity index (χ2n) is 7.22. The molecule has 0 atom stereocenters. The molecule has 1 amide bonds. The van der Waals surface area contributed by atoms with Gasteiger partial charge in [0, 0.05) is 46.3 Å². The molecule has 5 rings (SSSR count). The fraction of sp³-hybridized carbons (Fsp3) is 0.0870. The molecule has 0 saturated carbocycles. The van der Waals surface area contributed by atoms with E-state index >= 15 is 0 Å². The van der Waals surface area contributed by atoms with Crippen LogP contribution in [0.15, 0.2) is 67.2 Å². The quantitative estimate of drug-likeness (QED) is 0.347. The molecule has 0 unspecified atom stereocenters. The van der Waals surface area contributed by atoms with Gasteiger partial charge in [0.05, 0.1) is 23.9 Å². The normalized spacial score (nSPS) is 10.9. The Hall–Kier alpha value is -4.31. The van der Waals surface area contributed by atoms with Gasteiger partial charge in [-0.1, -0.05) is 12.6 Å². The molecule has 9 nitrogen and oxygen atoms in total. The molecule has 33 heavy (non-hydrogen) atoms. The van der Waals surface area contributed by atoms with Gasteiger partial charge in [-0.15, -0.1) is 11.3 Å². The molecule has 164 valence electrons. The summed E-state index contributed by atoms with van der Waals surface area (Å²) in [5.41, 5.74) is 6.49. The Morgan fingerprint density at radius 2 is 2.24 bits per heavy atom. The number of hydrogen-bond donors (Lipinski definition) is 2. The number of fused-ring (bicyclic) bond motifs is 1. The van der Waals surface area contributed by atoms with Gasteiger partial charge in [0.1, 0.15) is 11.3 Å². The van der Waals surface area contributed by atoms with Crippen molar-refractivity contribution >= 4 is 34.1 Å². The Labute approximate surface area is 192 Å². The van der Waals surface area contributed by atoms with E-state index in [4.69, 9.17) is 4.74 Å². The van der Waals surface area contributed by atoms with Crippen molar-refractivity contribution in [2.45, 2.75) is 13.5 Å². The zero-order valence-electron chi connectivity index (χ0n) is 17.6. The van der Waals surface area contributed by atoms with Crippen molar-refractivity contribution in [2.24, 2.45) is 0 Å². The Kier molecular flexibility index (Phi) is 5.41. The van der Waals surface area contributed by atoms with Crippen LogP contribution < -0.4 is 10.1 Å². The molecule has 0 bridgehead atoms. The van der Waals surface area contributed by atoms with Gasteiger partial charge in [0.25, 0.3) is 0 Å². The number of rotatable bonds is 7. The molecule has 5 aromatic rings. The monoisotopic (exact) mass is 457 g/mol. The minimum absolute atomic E-state index is 0.295. The van der Waals surface area contributed by atoms with Gasteiger partial charge in [-0.2, -0.15) is 5.10 Å². The highest BCUT2D eigenvalue weighted by Crippen LogP contribution is 2.31. The molecule has 10 heteroatoms. The average Bonchev–Trinajstić information content (AvgIpc) is 3.54. The molecule has 4 aromatic heterocycles. The van der Waals surface area contributed by atoms with E-state index in [9.17, 15) is 4.79 Å². The molecule has 0 aliphatic rings. The maximum atomic E-state index is 11.6. The summed E-state index contributed by atoms with van der Waals surface area (Å²) >= 11 is 1.60. The summed E-state index contributed by atoms with van der Waals surface area (Å²) in [6.07, 6.45) is 8.49. The molecule has 0 fully saturated rings. The van der Waals surface area contributed by atoms with Crippen molar-refractivity contribution < 1.29 is 9.53 Å². The third kappa shape index (κ3) is 4.37. The zero-order valence-corrected chi connectivity index (χ0v) is 18.5. The van der Waals surface area contributed by atoms with E-state index in [1.165, 1.54) is 6.08 Å². The minimum Gasteiger partial charge on any atom is -0.437 e. The fourth-order valence-corrected chi connectivity index (χ4v) is 4.01. The first kappa shape index (κ1) is 20.6.